The van der Waals surface area contributed by atoms with Crippen LogP contribution in [0.4, 0.5) is 5.69 Å². The van der Waals surface area contributed by atoms with Crippen molar-refractivity contribution < 1.29 is 19.4 Å². The van der Waals surface area contributed by atoms with E-state index in [4.69, 9.17) is 33.0 Å². The number of nitrogens with zero attached hydrogens (tertiary/aromatic N) is 1. The summed E-state index contributed by atoms with van der Waals surface area (Å²) in [4.78, 5) is 27.6. The maximum Gasteiger partial charge on any atom is 0.341 e. The van der Waals surface area contributed by atoms with Crippen LogP contribution in [0, 0.1) is 0 Å². The normalized spacial score (nSPS) is 16.6. The Bertz CT molecular complexity index is 976. The van der Waals surface area contributed by atoms with E-state index in [9.17, 15) is 9.59 Å². The van der Waals surface area contributed by atoms with Crippen molar-refractivity contribution in [2.75, 3.05) is 6.61 Å². The number of para-hydroxylation sites is 1. The van der Waals surface area contributed by atoms with Crippen molar-refractivity contribution in [3.8, 4) is 5.75 Å². The van der Waals surface area contributed by atoms with Gasteiger partial charge in [-0.05, 0) is 42.1 Å². The molecule has 0 aliphatic carbocycles. The number of amidine groups is 1. The Morgan fingerprint density at radius 2 is 2.04 bits per heavy atom. The molecule has 138 valence electrons. The number of rotatable bonds is 5. The summed E-state index contributed by atoms with van der Waals surface area (Å²) < 4.78 is 5.25. The summed E-state index contributed by atoms with van der Waals surface area (Å²) in [5.41, 5.74) is 1.02. The van der Waals surface area contributed by atoms with E-state index in [0.717, 1.165) is 11.8 Å². The van der Waals surface area contributed by atoms with Gasteiger partial charge < -0.3 is 15.2 Å². The van der Waals surface area contributed by atoms with E-state index in [1.54, 1.807) is 48.5 Å². The summed E-state index contributed by atoms with van der Waals surface area (Å²) in [6, 6.07) is 11.7. The molecule has 0 unspecified atom stereocenters. The molecule has 27 heavy (non-hydrogen) atoms. The van der Waals surface area contributed by atoms with Gasteiger partial charge in [0.05, 0.1) is 15.6 Å². The molecule has 1 aliphatic rings. The van der Waals surface area contributed by atoms with Crippen LogP contribution in [-0.2, 0) is 9.59 Å². The van der Waals surface area contributed by atoms with Crippen LogP contribution in [0.25, 0.3) is 6.08 Å². The first-order chi connectivity index (χ1) is 12.9. The summed E-state index contributed by atoms with van der Waals surface area (Å²) in [7, 11) is 0. The topological polar surface area (TPSA) is 88.0 Å². The first-order valence-corrected chi connectivity index (χ1v) is 9.18. The molecule has 0 saturated carbocycles. The fourth-order valence-electron chi connectivity index (χ4n) is 2.17. The number of carboxylic acids is 1. The van der Waals surface area contributed by atoms with Crippen molar-refractivity contribution in [1.82, 2.24) is 5.32 Å². The molecule has 2 aromatic rings. The Hall–Kier alpha value is -2.48. The number of nitrogens with one attached hydrogen (secondary N) is 1. The number of thioether (sulfide) groups is 1. The molecule has 0 bridgehead atoms. The maximum atomic E-state index is 12.2. The lowest BCUT2D eigenvalue weighted by Crippen LogP contribution is -2.19. The van der Waals surface area contributed by atoms with Crippen molar-refractivity contribution in [2.45, 2.75) is 0 Å². The molecule has 0 aromatic heterocycles. The van der Waals surface area contributed by atoms with Gasteiger partial charge in [0.15, 0.2) is 11.8 Å². The number of carbonyl (C=O) groups is 2. The number of carboxylic acid groups (broad SMARTS) is 1. The fraction of sp³-hybridized carbons (Fsp3) is 0.0556. The molecule has 1 aliphatic heterocycles. The van der Waals surface area contributed by atoms with Crippen molar-refractivity contribution in [1.29, 1.82) is 0 Å². The molecule has 3 rings (SSSR count). The van der Waals surface area contributed by atoms with E-state index in [0.29, 0.717) is 37.1 Å². The highest BCUT2D eigenvalue weighted by Crippen LogP contribution is 2.33. The van der Waals surface area contributed by atoms with Crippen LogP contribution in [0.3, 0.4) is 0 Å². The van der Waals surface area contributed by atoms with Gasteiger partial charge in [-0.1, -0.05) is 41.4 Å². The average molecular weight is 423 g/mol. The molecule has 0 radical (unpaired) electrons. The molecule has 1 heterocycles. The zero-order valence-corrected chi connectivity index (χ0v) is 15.9. The van der Waals surface area contributed by atoms with E-state index in [2.05, 4.69) is 10.3 Å². The maximum absolute atomic E-state index is 12.2. The minimum absolute atomic E-state index is 0.329. The molecule has 0 spiro atoms. The van der Waals surface area contributed by atoms with Crippen LogP contribution in [0.15, 0.2) is 52.4 Å². The number of aliphatic carboxylic acids is 1. The Balaban J connectivity index is 1.85. The number of carbonyl (C=O) groups excluding carboxylic acids is 1. The second-order valence-electron chi connectivity index (χ2n) is 5.30. The van der Waals surface area contributed by atoms with E-state index in [1.807, 2.05) is 0 Å². The third-order valence-corrected chi connectivity index (χ3v) is 4.80. The monoisotopic (exact) mass is 422 g/mol. The number of hydrogen-bond donors (Lipinski definition) is 2. The minimum Gasteiger partial charge on any atom is -0.481 e. The van der Waals surface area contributed by atoms with E-state index >= 15 is 0 Å². The first kappa shape index (κ1) is 19.3. The van der Waals surface area contributed by atoms with Gasteiger partial charge in [0.2, 0.25) is 0 Å². The van der Waals surface area contributed by atoms with Gasteiger partial charge in [-0.25, -0.2) is 9.79 Å². The number of halogens is 2. The van der Waals surface area contributed by atoms with E-state index in [1.165, 1.54) is 0 Å². The second kappa shape index (κ2) is 8.47. The summed E-state index contributed by atoms with van der Waals surface area (Å²) in [5.74, 6) is -1.05. The van der Waals surface area contributed by atoms with Gasteiger partial charge in [0, 0.05) is 10.6 Å². The first-order valence-electron chi connectivity index (χ1n) is 7.60. The van der Waals surface area contributed by atoms with Crippen molar-refractivity contribution in [3.63, 3.8) is 0 Å². The molecule has 2 aromatic carbocycles. The van der Waals surface area contributed by atoms with Crippen LogP contribution in [0.2, 0.25) is 10.0 Å². The van der Waals surface area contributed by atoms with Gasteiger partial charge in [-0.15, -0.1) is 0 Å². The summed E-state index contributed by atoms with van der Waals surface area (Å²) in [6.45, 7) is -0.473. The predicted octanol–water partition coefficient (Wildman–Crippen LogP) is 4.35. The number of hydrogen-bond acceptors (Lipinski definition) is 5. The number of aliphatic imine (C=N–C) groups is 1. The summed E-state index contributed by atoms with van der Waals surface area (Å²) >= 11 is 13.2. The molecule has 1 saturated heterocycles. The third-order valence-electron chi connectivity index (χ3n) is 3.34. The van der Waals surface area contributed by atoms with E-state index in [-0.39, 0.29) is 5.91 Å². The SMILES string of the molecule is O=C(O)COc1ccccc1/C=C1/SC(=Nc2cc(Cl)ccc2Cl)NC1=O. The standard InChI is InChI=1S/C18H12Cl2N2O4S/c19-11-5-6-12(20)13(8-11)21-18-22-17(25)15(27-18)7-10-3-1-2-4-14(10)26-9-16(23)24/h1-8H,9H2,(H,23,24)(H,21,22,25)/b15-7+. The van der Waals surface area contributed by atoms with Crippen LogP contribution < -0.4 is 10.1 Å². The van der Waals surface area contributed by atoms with Crippen molar-refractivity contribution in [2.24, 2.45) is 4.99 Å². The predicted molar refractivity (Wildman–Crippen MR) is 107 cm³/mol. The quantitative estimate of drug-likeness (QED) is 0.699. The van der Waals surface area contributed by atoms with Gasteiger partial charge in [0.1, 0.15) is 5.75 Å². The number of benzene rings is 2. The fourth-order valence-corrected chi connectivity index (χ4v) is 3.33. The Kier molecular flexibility index (Phi) is 6.05. The van der Waals surface area contributed by atoms with Crippen LogP contribution in [-0.4, -0.2) is 28.8 Å². The van der Waals surface area contributed by atoms with Crippen molar-refractivity contribution >= 4 is 63.8 Å². The highest BCUT2D eigenvalue weighted by atomic mass is 35.5. The highest BCUT2D eigenvalue weighted by Gasteiger charge is 2.24. The third kappa shape index (κ3) is 5.03. The molecular weight excluding hydrogens is 411 g/mol. The zero-order chi connectivity index (χ0) is 19.4. The second-order valence-corrected chi connectivity index (χ2v) is 7.17. The van der Waals surface area contributed by atoms with Gasteiger partial charge >= 0.3 is 5.97 Å². The average Bonchev–Trinajstić information content (AvgIpc) is 2.96. The molecule has 6 nitrogen and oxygen atoms in total. The molecular formula is C18H12Cl2N2O4S. The van der Waals surface area contributed by atoms with E-state index < -0.39 is 12.6 Å². The molecule has 2 N–H and O–H groups in total. The lowest BCUT2D eigenvalue weighted by atomic mass is 10.2. The molecule has 1 amide bonds. The molecule has 0 atom stereocenters. The van der Waals surface area contributed by atoms with Gasteiger partial charge in [0.25, 0.3) is 5.91 Å². The Morgan fingerprint density at radius 1 is 1.26 bits per heavy atom. The van der Waals surface area contributed by atoms with Crippen LogP contribution in [0.1, 0.15) is 5.56 Å². The lowest BCUT2D eigenvalue weighted by molar-refractivity contribution is -0.139. The summed E-state index contributed by atoms with van der Waals surface area (Å²) in [6.07, 6.45) is 1.61. The smallest absolute Gasteiger partial charge is 0.341 e. The van der Waals surface area contributed by atoms with Crippen molar-refractivity contribution in [3.05, 3.63) is 63.0 Å². The number of amides is 1. The lowest BCUT2D eigenvalue weighted by Gasteiger charge is -2.06. The highest BCUT2D eigenvalue weighted by molar-refractivity contribution is 8.18. The van der Waals surface area contributed by atoms with Crippen LogP contribution in [0.5, 0.6) is 5.75 Å². The summed E-state index contributed by atoms with van der Waals surface area (Å²) in [5, 5.41) is 12.7. The largest absolute Gasteiger partial charge is 0.481 e. The zero-order valence-electron chi connectivity index (χ0n) is 13.6. The Labute approximate surface area is 168 Å². The van der Waals surface area contributed by atoms with Gasteiger partial charge in [-0.3, -0.25) is 4.79 Å². The Morgan fingerprint density at radius 3 is 2.81 bits per heavy atom. The minimum atomic E-state index is -1.08. The molecule has 9 heteroatoms. The van der Waals surface area contributed by atoms with Gasteiger partial charge in [-0.2, -0.15) is 0 Å². The number of ether oxygens (including phenoxy) is 1. The molecule has 1 fully saturated rings. The van der Waals surface area contributed by atoms with Crippen LogP contribution >= 0.6 is 35.0 Å².